The van der Waals surface area contributed by atoms with Crippen molar-refractivity contribution in [1.29, 1.82) is 0 Å². The van der Waals surface area contributed by atoms with Gasteiger partial charge in [-0.15, -0.1) is 21.5 Å². The molecule has 3 rings (SSSR count). The normalized spacial score (nSPS) is 15.3. The van der Waals surface area contributed by atoms with Crippen LogP contribution in [0.15, 0.2) is 16.7 Å². The van der Waals surface area contributed by atoms with Gasteiger partial charge in [-0.25, -0.2) is 4.98 Å². The second kappa shape index (κ2) is 7.23. The zero-order valence-corrected chi connectivity index (χ0v) is 14.1. The lowest BCUT2D eigenvalue weighted by atomic mass is 10.1. The number of carbonyl (C=O) groups is 1. The second-order valence-corrected chi connectivity index (χ2v) is 7.08. The van der Waals surface area contributed by atoms with Crippen molar-refractivity contribution in [3.8, 4) is 0 Å². The van der Waals surface area contributed by atoms with Gasteiger partial charge < -0.3 is 9.88 Å². The highest BCUT2D eigenvalue weighted by Gasteiger charge is 2.24. The van der Waals surface area contributed by atoms with E-state index in [4.69, 9.17) is 0 Å². The predicted octanol–water partition coefficient (Wildman–Crippen LogP) is 3.14. The third-order valence-corrected chi connectivity index (χ3v) is 5.45. The first kappa shape index (κ1) is 15.5. The third-order valence-electron chi connectivity index (χ3n) is 3.79. The number of nitrogens with zero attached hydrogens (tertiary/aromatic N) is 4. The molecule has 118 valence electrons. The first-order valence-electron chi connectivity index (χ1n) is 7.53. The van der Waals surface area contributed by atoms with Gasteiger partial charge in [-0.2, -0.15) is 0 Å². The Balaban J connectivity index is 1.61. The van der Waals surface area contributed by atoms with E-state index in [1.165, 1.54) is 48.8 Å². The lowest BCUT2D eigenvalue weighted by Crippen LogP contribution is -2.14. The van der Waals surface area contributed by atoms with Crippen LogP contribution in [0, 0.1) is 0 Å². The minimum atomic E-state index is -0.0620. The second-order valence-electron chi connectivity index (χ2n) is 5.24. The molecule has 0 aliphatic heterocycles. The standard InChI is InChI=1S/C14H19N5OS2/c1-2-19-12(10-5-3-4-6-10)17-18-14(19)22-9-11(20)16-13-15-7-8-21-13/h7-8,10H,2-6,9H2,1H3,(H,15,16,20). The molecule has 2 aromatic rings. The number of hydrogen-bond donors (Lipinski definition) is 1. The van der Waals surface area contributed by atoms with E-state index >= 15 is 0 Å². The van der Waals surface area contributed by atoms with Gasteiger partial charge in [0.05, 0.1) is 5.75 Å². The number of hydrogen-bond acceptors (Lipinski definition) is 6. The van der Waals surface area contributed by atoms with Crippen LogP contribution in [0.2, 0.25) is 0 Å². The van der Waals surface area contributed by atoms with E-state index < -0.39 is 0 Å². The zero-order chi connectivity index (χ0) is 15.4. The highest BCUT2D eigenvalue weighted by molar-refractivity contribution is 7.99. The SMILES string of the molecule is CCn1c(SCC(=O)Nc2nccs2)nnc1C1CCCC1. The van der Waals surface area contributed by atoms with Crippen molar-refractivity contribution < 1.29 is 4.79 Å². The number of rotatable bonds is 6. The predicted molar refractivity (Wildman–Crippen MR) is 88.4 cm³/mol. The summed E-state index contributed by atoms with van der Waals surface area (Å²) in [6.45, 7) is 2.94. The molecular weight excluding hydrogens is 318 g/mol. The monoisotopic (exact) mass is 337 g/mol. The van der Waals surface area contributed by atoms with Crippen LogP contribution in [0.25, 0.3) is 0 Å². The molecule has 1 aliphatic rings. The van der Waals surface area contributed by atoms with E-state index in [0.717, 1.165) is 17.5 Å². The van der Waals surface area contributed by atoms with Gasteiger partial charge in [-0.1, -0.05) is 24.6 Å². The van der Waals surface area contributed by atoms with Crippen LogP contribution in [-0.4, -0.2) is 31.4 Å². The molecule has 1 amide bonds. The lowest BCUT2D eigenvalue weighted by molar-refractivity contribution is -0.113. The van der Waals surface area contributed by atoms with Crippen LogP contribution < -0.4 is 5.32 Å². The average molecular weight is 337 g/mol. The van der Waals surface area contributed by atoms with E-state index in [1.54, 1.807) is 6.20 Å². The number of carbonyl (C=O) groups excluding carboxylic acids is 1. The van der Waals surface area contributed by atoms with Gasteiger partial charge in [0.15, 0.2) is 10.3 Å². The Morgan fingerprint density at radius 3 is 2.95 bits per heavy atom. The van der Waals surface area contributed by atoms with Crippen molar-refractivity contribution in [2.75, 3.05) is 11.1 Å². The van der Waals surface area contributed by atoms with Crippen molar-refractivity contribution >= 4 is 34.1 Å². The molecule has 1 aliphatic carbocycles. The molecule has 0 spiro atoms. The van der Waals surface area contributed by atoms with Crippen LogP contribution in [0.3, 0.4) is 0 Å². The summed E-state index contributed by atoms with van der Waals surface area (Å²) >= 11 is 2.85. The van der Waals surface area contributed by atoms with Crippen LogP contribution in [0.4, 0.5) is 5.13 Å². The highest BCUT2D eigenvalue weighted by atomic mass is 32.2. The number of thioether (sulfide) groups is 1. The van der Waals surface area contributed by atoms with Crippen LogP contribution in [0.1, 0.15) is 44.3 Å². The molecule has 1 saturated carbocycles. The maximum absolute atomic E-state index is 11.9. The molecule has 1 fully saturated rings. The van der Waals surface area contributed by atoms with E-state index in [-0.39, 0.29) is 5.91 Å². The smallest absolute Gasteiger partial charge is 0.236 e. The average Bonchev–Trinajstić information content (AvgIpc) is 3.25. The van der Waals surface area contributed by atoms with Crippen molar-refractivity contribution in [1.82, 2.24) is 19.7 Å². The fraction of sp³-hybridized carbons (Fsp3) is 0.571. The Bertz CT molecular complexity index is 619. The highest BCUT2D eigenvalue weighted by Crippen LogP contribution is 2.34. The summed E-state index contributed by atoms with van der Waals surface area (Å²) in [5, 5.41) is 14.7. The minimum absolute atomic E-state index is 0.0620. The summed E-state index contributed by atoms with van der Waals surface area (Å²) in [5.41, 5.74) is 0. The van der Waals surface area contributed by atoms with E-state index in [2.05, 4.69) is 32.0 Å². The maximum Gasteiger partial charge on any atom is 0.236 e. The molecular formula is C14H19N5OS2. The Hall–Kier alpha value is -1.41. The number of nitrogens with one attached hydrogen (secondary N) is 1. The van der Waals surface area contributed by atoms with E-state index in [0.29, 0.717) is 16.8 Å². The molecule has 22 heavy (non-hydrogen) atoms. The van der Waals surface area contributed by atoms with E-state index in [9.17, 15) is 4.79 Å². The fourth-order valence-electron chi connectivity index (χ4n) is 2.76. The molecule has 0 atom stereocenters. The summed E-state index contributed by atoms with van der Waals surface area (Å²) in [6, 6.07) is 0. The third kappa shape index (κ3) is 3.49. The Kier molecular flexibility index (Phi) is 5.09. The first-order chi connectivity index (χ1) is 10.8. The Morgan fingerprint density at radius 1 is 1.45 bits per heavy atom. The molecule has 0 radical (unpaired) electrons. The maximum atomic E-state index is 11.9. The topological polar surface area (TPSA) is 72.7 Å². The first-order valence-corrected chi connectivity index (χ1v) is 9.39. The van der Waals surface area contributed by atoms with Crippen LogP contribution >= 0.6 is 23.1 Å². The van der Waals surface area contributed by atoms with Crippen molar-refractivity contribution in [2.45, 2.75) is 50.2 Å². The summed E-state index contributed by atoms with van der Waals surface area (Å²) in [4.78, 5) is 16.0. The largest absolute Gasteiger partial charge is 0.306 e. The van der Waals surface area contributed by atoms with Gasteiger partial charge in [0.1, 0.15) is 5.82 Å². The molecule has 6 nitrogen and oxygen atoms in total. The molecule has 0 bridgehead atoms. The van der Waals surface area contributed by atoms with Gasteiger partial charge in [0, 0.05) is 24.0 Å². The molecule has 8 heteroatoms. The number of thiazole rings is 1. The molecule has 0 aromatic carbocycles. The number of aromatic nitrogens is 4. The van der Waals surface area contributed by atoms with Gasteiger partial charge in [0.2, 0.25) is 5.91 Å². The molecule has 2 heterocycles. The van der Waals surface area contributed by atoms with Crippen LogP contribution in [0.5, 0.6) is 0 Å². The zero-order valence-electron chi connectivity index (χ0n) is 12.5. The van der Waals surface area contributed by atoms with Gasteiger partial charge >= 0.3 is 0 Å². The summed E-state index contributed by atoms with van der Waals surface area (Å²) < 4.78 is 2.15. The Labute approximate surface area is 137 Å². The molecule has 0 unspecified atom stereocenters. The molecule has 2 aromatic heterocycles. The van der Waals surface area contributed by atoms with Gasteiger partial charge in [-0.05, 0) is 19.8 Å². The van der Waals surface area contributed by atoms with Crippen molar-refractivity contribution in [3.05, 3.63) is 17.4 Å². The van der Waals surface area contributed by atoms with E-state index in [1.807, 2.05) is 5.38 Å². The lowest BCUT2D eigenvalue weighted by Gasteiger charge is -2.11. The van der Waals surface area contributed by atoms with Crippen molar-refractivity contribution in [2.24, 2.45) is 0 Å². The summed E-state index contributed by atoms with van der Waals surface area (Å²) in [6.07, 6.45) is 6.63. The van der Waals surface area contributed by atoms with Crippen LogP contribution in [-0.2, 0) is 11.3 Å². The quantitative estimate of drug-likeness (QED) is 0.820. The summed E-state index contributed by atoms with van der Waals surface area (Å²) in [7, 11) is 0. The van der Waals surface area contributed by atoms with Gasteiger partial charge in [-0.3, -0.25) is 4.79 Å². The minimum Gasteiger partial charge on any atom is -0.306 e. The molecule has 0 saturated heterocycles. The number of anilines is 1. The fourth-order valence-corrected chi connectivity index (χ4v) is 4.12. The molecule has 1 N–H and O–H groups in total. The number of amides is 1. The van der Waals surface area contributed by atoms with Gasteiger partial charge in [0.25, 0.3) is 0 Å². The Morgan fingerprint density at radius 2 is 2.27 bits per heavy atom. The summed E-state index contributed by atoms with van der Waals surface area (Å²) in [5.74, 6) is 1.88. The van der Waals surface area contributed by atoms with Crippen molar-refractivity contribution in [3.63, 3.8) is 0 Å².